The maximum Gasteiger partial charge on any atom is 0.159 e. The molecule has 0 unspecified atom stereocenters. The Morgan fingerprint density at radius 1 is 1.05 bits per heavy atom. The number of amidine groups is 1. The number of benzene rings is 1. The monoisotopic (exact) mass is 300 g/mol. The van der Waals surface area contributed by atoms with Gasteiger partial charge in [0.15, 0.2) is 5.17 Å². The van der Waals surface area contributed by atoms with Crippen molar-refractivity contribution < 1.29 is 0 Å². The van der Waals surface area contributed by atoms with Crippen LogP contribution in [0.5, 0.6) is 0 Å². The van der Waals surface area contributed by atoms with Gasteiger partial charge in [0.05, 0.1) is 5.69 Å². The molecule has 0 aromatic heterocycles. The van der Waals surface area contributed by atoms with Crippen molar-refractivity contribution in [2.75, 3.05) is 0 Å². The van der Waals surface area contributed by atoms with Crippen LogP contribution in [0.2, 0.25) is 0 Å². The van der Waals surface area contributed by atoms with Gasteiger partial charge in [0.25, 0.3) is 0 Å². The molecule has 3 heteroatoms. The number of hydrogen-bond acceptors (Lipinski definition) is 2. The minimum Gasteiger partial charge on any atom is -0.378 e. The Morgan fingerprint density at radius 3 is 2.10 bits per heavy atom. The molecule has 1 aromatic carbocycles. The Bertz CT molecular complexity index is 526. The van der Waals surface area contributed by atoms with Gasteiger partial charge in [-0.2, -0.15) is 0 Å². The molecule has 4 saturated carbocycles. The summed E-state index contributed by atoms with van der Waals surface area (Å²) in [6, 6.07) is 8.31. The molecule has 5 rings (SSSR count). The number of hydrogen-bond donors (Lipinski definition) is 1. The first-order valence-corrected chi connectivity index (χ1v) is 9.02. The average Bonchev–Trinajstić information content (AvgIpc) is 2.39. The van der Waals surface area contributed by atoms with E-state index < -0.39 is 0 Å². The van der Waals surface area contributed by atoms with Crippen LogP contribution in [0.25, 0.3) is 0 Å². The van der Waals surface area contributed by atoms with Crippen LogP contribution in [0.15, 0.2) is 29.3 Å². The fraction of sp³-hybridized carbons (Fsp3) is 0.611. The molecule has 4 aliphatic carbocycles. The maximum atomic E-state index is 6.28. The minimum atomic E-state index is 0.410. The van der Waals surface area contributed by atoms with E-state index in [1.54, 1.807) is 0 Å². The summed E-state index contributed by atoms with van der Waals surface area (Å²) < 4.78 is 0.410. The molecule has 0 atom stereocenters. The summed E-state index contributed by atoms with van der Waals surface area (Å²) in [5.41, 5.74) is 8.52. The third kappa shape index (κ3) is 2.73. The number of aliphatic imine (C=N–C) groups is 1. The van der Waals surface area contributed by atoms with Crippen LogP contribution in [0.3, 0.4) is 0 Å². The lowest BCUT2D eigenvalue weighted by atomic mass is 9.56. The van der Waals surface area contributed by atoms with Crippen molar-refractivity contribution in [1.29, 1.82) is 0 Å². The SMILES string of the molecule is Cc1ccc(N=C(N)SC23CC4CC(CC(C4)C2)C3)cc1. The Hall–Kier alpha value is -0.960. The first-order chi connectivity index (χ1) is 10.1. The number of nitrogens with zero attached hydrogens (tertiary/aromatic N) is 1. The van der Waals surface area contributed by atoms with Crippen LogP contribution in [0.4, 0.5) is 5.69 Å². The second kappa shape index (κ2) is 5.05. The zero-order valence-electron chi connectivity index (χ0n) is 12.7. The highest BCUT2D eigenvalue weighted by atomic mass is 32.2. The van der Waals surface area contributed by atoms with E-state index in [1.807, 2.05) is 11.8 Å². The van der Waals surface area contributed by atoms with Crippen LogP contribution >= 0.6 is 11.8 Å². The molecule has 4 aliphatic rings. The number of thioether (sulfide) groups is 1. The zero-order chi connectivity index (χ0) is 14.4. The van der Waals surface area contributed by atoms with Crippen LogP contribution in [-0.4, -0.2) is 9.91 Å². The van der Waals surface area contributed by atoms with Crippen LogP contribution in [-0.2, 0) is 0 Å². The lowest BCUT2D eigenvalue weighted by Gasteiger charge is -2.56. The Balaban J connectivity index is 1.51. The predicted molar refractivity (Wildman–Crippen MR) is 91.0 cm³/mol. The van der Waals surface area contributed by atoms with Crippen molar-refractivity contribution >= 4 is 22.6 Å². The van der Waals surface area contributed by atoms with Crippen molar-refractivity contribution in [2.24, 2.45) is 28.5 Å². The van der Waals surface area contributed by atoms with Gasteiger partial charge in [-0.05, 0) is 75.3 Å². The fourth-order valence-corrected chi connectivity index (χ4v) is 6.70. The highest BCUT2D eigenvalue weighted by molar-refractivity contribution is 8.15. The van der Waals surface area contributed by atoms with Crippen molar-refractivity contribution in [3.05, 3.63) is 29.8 Å². The smallest absolute Gasteiger partial charge is 0.159 e. The van der Waals surface area contributed by atoms with Crippen molar-refractivity contribution in [1.82, 2.24) is 0 Å². The second-order valence-electron chi connectivity index (χ2n) is 7.49. The van der Waals surface area contributed by atoms with Crippen molar-refractivity contribution in [3.63, 3.8) is 0 Å². The van der Waals surface area contributed by atoms with Crippen molar-refractivity contribution in [3.8, 4) is 0 Å². The molecule has 1 aromatic rings. The molecule has 0 saturated heterocycles. The van der Waals surface area contributed by atoms with E-state index in [-0.39, 0.29) is 0 Å². The standard InChI is InChI=1S/C18H24N2S/c1-12-2-4-16(5-3-12)20-17(19)21-18-9-13-6-14(10-18)8-15(7-13)11-18/h2-5,13-15H,6-11H2,1H3,(H2,19,20). The van der Waals surface area contributed by atoms with E-state index >= 15 is 0 Å². The third-order valence-electron chi connectivity index (χ3n) is 5.58. The highest BCUT2D eigenvalue weighted by Crippen LogP contribution is 2.60. The van der Waals surface area contributed by atoms with Gasteiger partial charge >= 0.3 is 0 Å². The van der Waals surface area contributed by atoms with Gasteiger partial charge in [0, 0.05) is 4.75 Å². The van der Waals surface area contributed by atoms with Crippen LogP contribution in [0, 0.1) is 24.7 Å². The molecule has 2 nitrogen and oxygen atoms in total. The fourth-order valence-electron chi connectivity index (χ4n) is 5.15. The highest BCUT2D eigenvalue weighted by Gasteiger charge is 2.51. The maximum absolute atomic E-state index is 6.28. The molecule has 0 amide bonds. The molecular weight excluding hydrogens is 276 g/mol. The molecule has 0 aliphatic heterocycles. The van der Waals surface area contributed by atoms with Gasteiger partial charge in [0.1, 0.15) is 0 Å². The minimum absolute atomic E-state index is 0.410. The molecule has 0 radical (unpaired) electrons. The number of aryl methyl sites for hydroxylation is 1. The topological polar surface area (TPSA) is 38.4 Å². The molecule has 0 spiro atoms. The summed E-state index contributed by atoms with van der Waals surface area (Å²) in [6.07, 6.45) is 8.55. The van der Waals surface area contributed by atoms with Gasteiger partial charge in [-0.25, -0.2) is 4.99 Å². The van der Waals surface area contributed by atoms with Crippen LogP contribution < -0.4 is 5.73 Å². The number of nitrogens with two attached hydrogens (primary N) is 1. The average molecular weight is 300 g/mol. The molecular formula is C18H24N2S. The first kappa shape index (κ1) is 13.7. The summed E-state index contributed by atoms with van der Waals surface area (Å²) in [4.78, 5) is 4.63. The summed E-state index contributed by atoms with van der Waals surface area (Å²) in [5.74, 6) is 2.91. The predicted octanol–water partition coefficient (Wildman–Crippen LogP) is 4.64. The zero-order valence-corrected chi connectivity index (χ0v) is 13.5. The Kier molecular flexibility index (Phi) is 3.29. The lowest BCUT2D eigenvalue weighted by molar-refractivity contribution is 0.0388. The summed E-state index contributed by atoms with van der Waals surface area (Å²) in [6.45, 7) is 2.10. The Labute approximate surface area is 131 Å². The summed E-state index contributed by atoms with van der Waals surface area (Å²) in [7, 11) is 0. The third-order valence-corrected chi connectivity index (χ3v) is 6.81. The van der Waals surface area contributed by atoms with Gasteiger partial charge in [-0.1, -0.05) is 29.5 Å². The second-order valence-corrected chi connectivity index (χ2v) is 8.98. The molecule has 112 valence electrons. The van der Waals surface area contributed by atoms with E-state index in [0.29, 0.717) is 4.75 Å². The van der Waals surface area contributed by atoms with Gasteiger partial charge in [-0.15, -0.1) is 0 Å². The molecule has 2 N–H and O–H groups in total. The van der Waals surface area contributed by atoms with Crippen molar-refractivity contribution in [2.45, 2.75) is 50.2 Å². The molecule has 0 heterocycles. The lowest BCUT2D eigenvalue weighted by Crippen LogP contribution is -2.49. The first-order valence-electron chi connectivity index (χ1n) is 8.20. The van der Waals surface area contributed by atoms with Gasteiger partial charge in [0.2, 0.25) is 0 Å². The van der Waals surface area contributed by atoms with E-state index in [2.05, 4.69) is 36.2 Å². The van der Waals surface area contributed by atoms with Gasteiger partial charge in [-0.3, -0.25) is 0 Å². The van der Waals surface area contributed by atoms with E-state index in [4.69, 9.17) is 5.73 Å². The quantitative estimate of drug-likeness (QED) is 0.638. The van der Waals surface area contributed by atoms with Crippen LogP contribution in [0.1, 0.15) is 44.1 Å². The van der Waals surface area contributed by atoms with Gasteiger partial charge < -0.3 is 5.73 Å². The largest absolute Gasteiger partial charge is 0.378 e. The summed E-state index contributed by atoms with van der Waals surface area (Å²) in [5, 5.41) is 0.765. The molecule has 4 fully saturated rings. The van der Waals surface area contributed by atoms with E-state index in [1.165, 1.54) is 44.1 Å². The molecule has 21 heavy (non-hydrogen) atoms. The normalized spacial score (nSPS) is 38.0. The summed E-state index contributed by atoms with van der Waals surface area (Å²) >= 11 is 1.88. The van der Waals surface area contributed by atoms with E-state index in [0.717, 1.165) is 28.6 Å². The Morgan fingerprint density at radius 2 is 1.57 bits per heavy atom. The molecule has 4 bridgehead atoms. The number of rotatable bonds is 2. The van der Waals surface area contributed by atoms with E-state index in [9.17, 15) is 0 Å².